The fraction of sp³-hybridized carbons (Fsp3) is 0.550. The van der Waals surface area contributed by atoms with E-state index in [4.69, 9.17) is 19.6 Å². The quantitative estimate of drug-likeness (QED) is 0.120. The summed E-state index contributed by atoms with van der Waals surface area (Å²) in [6.07, 6.45) is 3.77. The van der Waals surface area contributed by atoms with E-state index in [0.29, 0.717) is 37.1 Å². The zero-order valence-corrected chi connectivity index (χ0v) is 31.9. The van der Waals surface area contributed by atoms with Crippen LogP contribution in [0.25, 0.3) is 5.70 Å². The molecule has 51 heavy (non-hydrogen) atoms. The molecule has 7 nitrogen and oxygen atoms in total. The Balaban J connectivity index is 0.00000442. The number of carbonyl (C=O) groups is 1. The van der Waals surface area contributed by atoms with Gasteiger partial charge in [0.25, 0.3) is 0 Å². The molecule has 1 fully saturated rings. The third-order valence-electron chi connectivity index (χ3n) is 8.48. The van der Waals surface area contributed by atoms with E-state index in [-0.39, 0.29) is 29.7 Å². The molecule has 1 aliphatic rings. The van der Waals surface area contributed by atoms with Gasteiger partial charge >= 0.3 is 236 Å². The predicted molar refractivity (Wildman–Crippen MR) is 202 cm³/mol. The summed E-state index contributed by atoms with van der Waals surface area (Å²) < 4.78 is 54.0. The summed E-state index contributed by atoms with van der Waals surface area (Å²) in [5, 5.41) is 11.8. The monoisotopic (exact) mass is 708 g/mol. The number of aryl methyl sites for hydroxylation is 3. The van der Waals surface area contributed by atoms with Gasteiger partial charge in [0.15, 0.2) is 0 Å². The van der Waals surface area contributed by atoms with Crippen LogP contribution in [0.15, 0.2) is 53.5 Å². The van der Waals surface area contributed by atoms with E-state index in [9.17, 15) is 18.0 Å². The van der Waals surface area contributed by atoms with Gasteiger partial charge in [0.2, 0.25) is 0 Å². The summed E-state index contributed by atoms with van der Waals surface area (Å²) in [5.41, 5.74) is 2.95. The number of rotatable bonds is 14. The fourth-order valence-corrected chi connectivity index (χ4v) is 5.96. The van der Waals surface area contributed by atoms with E-state index in [1.807, 2.05) is 57.7 Å². The molecule has 2 aromatic rings. The zero-order chi connectivity index (χ0) is 38.2. The van der Waals surface area contributed by atoms with Crippen molar-refractivity contribution in [1.82, 2.24) is 10.2 Å². The first-order chi connectivity index (χ1) is 24.2. The maximum absolute atomic E-state index is 14.5. The molecule has 1 saturated heterocycles. The van der Waals surface area contributed by atoms with Gasteiger partial charge in [-0.3, -0.25) is 0 Å². The molecule has 0 saturated carbocycles. The third-order valence-corrected chi connectivity index (χ3v) is 8.48. The van der Waals surface area contributed by atoms with Gasteiger partial charge in [-0.1, -0.05) is 51.5 Å². The number of aliphatic imine (C=N–C) groups is 1. The number of nitrogens with zero attached hydrogens (tertiary/aromatic N) is 3. The molecule has 1 amide bonds. The Morgan fingerprint density at radius 1 is 1.08 bits per heavy atom. The van der Waals surface area contributed by atoms with Crippen LogP contribution < -0.4 is 5.32 Å². The van der Waals surface area contributed by atoms with Gasteiger partial charge < -0.3 is 0 Å². The van der Waals surface area contributed by atoms with Crippen molar-refractivity contribution in [1.29, 1.82) is 5.26 Å². The summed E-state index contributed by atoms with van der Waals surface area (Å²) in [6, 6.07) is 12.3. The standard InChI is InChI=1S/C38H50BF3N4O3.C2H6/c1-8-12-27-15-17-28(18-16-27)19-20-29-21-22-30(24-31(29)38(40,41)42)32(13-9-2)44-34(26(4)10-3)33-14-11-23-46(33)35(39-48-25-43)45-36(47)49-37(5,6)7;1-2/h13,15-18,21-22,24,26,33H,8-12,14,19-20,23H2,1-7H3,(H,45,47);1-2H3/b32-13-,44-34?;. The van der Waals surface area contributed by atoms with Crippen molar-refractivity contribution in [2.45, 2.75) is 131 Å². The van der Waals surface area contributed by atoms with Crippen molar-refractivity contribution in [2.24, 2.45) is 10.9 Å². The Hall–Kier alpha value is -4.07. The number of ether oxygens (including phenoxy) is 1. The van der Waals surface area contributed by atoms with Crippen LogP contribution >= 0.6 is 0 Å². The Labute approximate surface area is 304 Å². The molecule has 1 aliphatic heterocycles. The van der Waals surface area contributed by atoms with Gasteiger partial charge in [0, 0.05) is 0 Å². The molecule has 0 aromatic heterocycles. The van der Waals surface area contributed by atoms with E-state index >= 15 is 0 Å². The molecule has 0 spiro atoms. The van der Waals surface area contributed by atoms with Gasteiger partial charge in [0.1, 0.15) is 0 Å². The first-order valence-electron chi connectivity index (χ1n) is 18.3. The van der Waals surface area contributed by atoms with Crippen molar-refractivity contribution in [3.63, 3.8) is 0 Å². The summed E-state index contributed by atoms with van der Waals surface area (Å²) in [6.45, 7) is 17.9. The average molecular weight is 709 g/mol. The third kappa shape index (κ3) is 13.5. The second-order valence-electron chi connectivity index (χ2n) is 13.5. The van der Waals surface area contributed by atoms with Crippen molar-refractivity contribution in [3.8, 4) is 6.26 Å². The van der Waals surface area contributed by atoms with E-state index in [2.05, 4.69) is 24.4 Å². The van der Waals surface area contributed by atoms with Crippen LogP contribution in [-0.2, 0) is 34.8 Å². The average Bonchev–Trinajstić information content (AvgIpc) is 3.57. The number of alkyl carbamates (subject to hydrolysis) is 1. The topological polar surface area (TPSA) is 87.0 Å². The second kappa shape index (κ2) is 20.7. The summed E-state index contributed by atoms with van der Waals surface area (Å²) >= 11 is 0. The van der Waals surface area contributed by atoms with Crippen LogP contribution in [0.3, 0.4) is 0 Å². The molecule has 0 radical (unpaired) electrons. The Morgan fingerprint density at radius 3 is 2.27 bits per heavy atom. The molecule has 1 heterocycles. The molecule has 2 atom stereocenters. The van der Waals surface area contributed by atoms with E-state index in [1.165, 1.54) is 18.8 Å². The van der Waals surface area contributed by atoms with Crippen LogP contribution in [0.4, 0.5) is 18.0 Å². The van der Waals surface area contributed by atoms with Crippen molar-refractivity contribution >= 4 is 30.3 Å². The first-order valence-corrected chi connectivity index (χ1v) is 18.3. The van der Waals surface area contributed by atoms with Gasteiger partial charge in [0.05, 0.1) is 0 Å². The molecule has 1 N–H and O–H groups in total. The zero-order valence-electron chi connectivity index (χ0n) is 31.9. The van der Waals surface area contributed by atoms with Crippen LogP contribution in [0, 0.1) is 17.4 Å². The number of hydrogen-bond acceptors (Lipinski definition) is 6. The molecule has 3 rings (SSSR count). The normalized spacial score (nSPS) is 16.0. The predicted octanol–water partition coefficient (Wildman–Crippen LogP) is 9.90. The van der Waals surface area contributed by atoms with Gasteiger partial charge in [-0.05, 0) is 17.5 Å². The minimum absolute atomic E-state index is 0.0319. The number of alkyl halides is 3. The Morgan fingerprint density at radius 2 is 1.73 bits per heavy atom. The number of carbonyl (C=O) groups excluding carboxylic acids is 1. The number of likely N-dealkylation sites (tertiary alicyclic amines) is 1. The molecular formula is C40H56BF3N4O3. The number of allylic oxidation sites excluding steroid dienone is 1. The number of nitriles is 1. The van der Waals surface area contributed by atoms with E-state index in [0.717, 1.165) is 37.0 Å². The summed E-state index contributed by atoms with van der Waals surface area (Å²) in [5.74, 6) is -0.0319. The molecule has 0 bridgehead atoms. The maximum atomic E-state index is 14.5. The van der Waals surface area contributed by atoms with Gasteiger partial charge in [-0.25, -0.2) is 0 Å². The Kier molecular flexibility index (Phi) is 17.5. The minimum atomic E-state index is -4.53. The molecule has 2 aromatic carbocycles. The first kappa shape index (κ1) is 43.1. The fourth-order valence-electron chi connectivity index (χ4n) is 5.96. The SMILES string of the molecule is CC.CC/C=C(\N=C(C(C)CC)C1CCCN1C(=BOC#N)NC(=O)OC(C)(C)C)c1ccc(CCc2ccc(CCC)cc2)c(C(F)(F)F)c1. The van der Waals surface area contributed by atoms with Crippen LogP contribution in [0.5, 0.6) is 0 Å². The summed E-state index contributed by atoms with van der Waals surface area (Å²) in [4.78, 5) is 19.8. The second-order valence-corrected chi connectivity index (χ2v) is 13.5. The molecular weight excluding hydrogens is 652 g/mol. The molecule has 2 unspecified atom stereocenters. The number of hydrogen-bond donors (Lipinski definition) is 1. The number of benzene rings is 2. The van der Waals surface area contributed by atoms with Crippen LogP contribution in [-0.4, -0.2) is 47.7 Å². The van der Waals surface area contributed by atoms with Crippen molar-refractivity contribution < 1.29 is 27.4 Å². The van der Waals surface area contributed by atoms with E-state index in [1.54, 1.807) is 39.2 Å². The molecule has 11 heteroatoms. The van der Waals surface area contributed by atoms with Crippen LogP contribution in [0.1, 0.15) is 122 Å². The molecule has 0 aliphatic carbocycles. The van der Waals surface area contributed by atoms with Crippen molar-refractivity contribution in [2.75, 3.05) is 6.54 Å². The molecule has 278 valence electrons. The van der Waals surface area contributed by atoms with Crippen LogP contribution in [0.2, 0.25) is 0 Å². The number of nitrogens with one attached hydrogen (secondary N) is 1. The number of halogens is 3. The van der Waals surface area contributed by atoms with Gasteiger partial charge in [-0.15, -0.1) is 0 Å². The van der Waals surface area contributed by atoms with E-state index < -0.39 is 23.4 Å². The Bertz CT molecular complexity index is 1540. The number of amides is 1. The van der Waals surface area contributed by atoms with Crippen molar-refractivity contribution in [3.05, 3.63) is 76.4 Å². The van der Waals surface area contributed by atoms with Gasteiger partial charge in [-0.2, -0.15) is 0 Å². The summed E-state index contributed by atoms with van der Waals surface area (Å²) in [7, 11) is 1.17.